The summed E-state index contributed by atoms with van der Waals surface area (Å²) in [6.07, 6.45) is 1.49. The number of Topliss-reactive ketones (excluding diaryl/α,β-unsaturated/α-hetero) is 1. The third-order valence-corrected chi connectivity index (χ3v) is 3.47. The molecular weight excluding hydrogens is 261 g/mol. The van der Waals surface area contributed by atoms with E-state index < -0.39 is 5.51 Å². The van der Waals surface area contributed by atoms with Gasteiger partial charge in [-0.2, -0.15) is 13.2 Å². The van der Waals surface area contributed by atoms with Gasteiger partial charge >= 0.3 is 5.51 Å². The van der Waals surface area contributed by atoms with E-state index in [0.29, 0.717) is 5.56 Å². The van der Waals surface area contributed by atoms with Crippen molar-refractivity contribution in [3.63, 3.8) is 0 Å². The Morgan fingerprint density at radius 2 is 1.67 bits per heavy atom. The molecule has 0 amide bonds. The highest BCUT2D eigenvalue weighted by molar-refractivity contribution is 8.00. The highest BCUT2D eigenvalue weighted by Gasteiger charge is 2.29. The van der Waals surface area contributed by atoms with Gasteiger partial charge in [0.05, 0.1) is 0 Å². The predicted molar refractivity (Wildman–Crippen MR) is 66.8 cm³/mol. The van der Waals surface area contributed by atoms with Gasteiger partial charge in [-0.05, 0) is 36.7 Å². The van der Waals surface area contributed by atoms with Gasteiger partial charge in [0.1, 0.15) is 0 Å². The van der Waals surface area contributed by atoms with Crippen LogP contribution in [0.3, 0.4) is 0 Å². The Morgan fingerprint density at radius 3 is 2.06 bits per heavy atom. The van der Waals surface area contributed by atoms with Crippen LogP contribution in [0.15, 0.2) is 29.2 Å². The maximum absolute atomic E-state index is 12.1. The van der Waals surface area contributed by atoms with Crippen molar-refractivity contribution in [3.05, 3.63) is 29.8 Å². The number of carbonyl (C=O) groups excluding carboxylic acids is 1. The molecule has 0 N–H and O–H groups in total. The Balaban J connectivity index is 2.79. The topological polar surface area (TPSA) is 17.1 Å². The Kier molecular flexibility index (Phi) is 5.26. The summed E-state index contributed by atoms with van der Waals surface area (Å²) < 4.78 is 36.4. The number of alkyl halides is 3. The van der Waals surface area contributed by atoms with Crippen LogP contribution in [-0.2, 0) is 0 Å². The molecule has 0 heterocycles. The number of rotatable bonds is 5. The van der Waals surface area contributed by atoms with Crippen LogP contribution in [0.4, 0.5) is 13.2 Å². The van der Waals surface area contributed by atoms with E-state index in [1.165, 1.54) is 24.3 Å². The zero-order valence-corrected chi connectivity index (χ0v) is 11.1. The Morgan fingerprint density at radius 1 is 1.17 bits per heavy atom. The molecule has 0 aliphatic rings. The molecule has 0 saturated carbocycles. The summed E-state index contributed by atoms with van der Waals surface area (Å²) in [6, 6.07) is 5.62. The van der Waals surface area contributed by atoms with E-state index in [1.54, 1.807) is 0 Å². The lowest BCUT2D eigenvalue weighted by Gasteiger charge is -2.11. The van der Waals surface area contributed by atoms with Crippen LogP contribution in [0, 0.1) is 5.92 Å². The first-order chi connectivity index (χ1) is 8.37. The maximum atomic E-state index is 12.1. The molecule has 1 rings (SSSR count). The van der Waals surface area contributed by atoms with Gasteiger partial charge in [-0.25, -0.2) is 0 Å². The highest BCUT2D eigenvalue weighted by Crippen LogP contribution is 2.36. The first kappa shape index (κ1) is 15.1. The van der Waals surface area contributed by atoms with Crippen molar-refractivity contribution in [1.29, 1.82) is 0 Å². The molecule has 0 radical (unpaired) electrons. The molecule has 18 heavy (non-hydrogen) atoms. The minimum atomic E-state index is -4.29. The van der Waals surface area contributed by atoms with Crippen molar-refractivity contribution in [3.8, 4) is 0 Å². The summed E-state index contributed by atoms with van der Waals surface area (Å²) in [4.78, 5) is 12.1. The SMILES string of the molecule is CCC(CC)C(=O)c1ccc(SC(F)(F)F)cc1. The molecular formula is C13H15F3OS. The molecule has 0 spiro atoms. The van der Waals surface area contributed by atoms with E-state index >= 15 is 0 Å². The number of halogens is 3. The number of benzene rings is 1. The van der Waals surface area contributed by atoms with Crippen molar-refractivity contribution in [1.82, 2.24) is 0 Å². The van der Waals surface area contributed by atoms with Crippen LogP contribution in [0.1, 0.15) is 37.0 Å². The molecule has 5 heteroatoms. The molecule has 100 valence electrons. The number of hydrogen-bond acceptors (Lipinski definition) is 2. The van der Waals surface area contributed by atoms with Crippen LogP contribution >= 0.6 is 11.8 Å². The summed E-state index contributed by atoms with van der Waals surface area (Å²) in [7, 11) is 0. The molecule has 0 aliphatic carbocycles. The number of carbonyl (C=O) groups is 1. The van der Waals surface area contributed by atoms with Crippen molar-refractivity contribution in [2.24, 2.45) is 5.92 Å². The average molecular weight is 276 g/mol. The fraction of sp³-hybridized carbons (Fsp3) is 0.462. The van der Waals surface area contributed by atoms with E-state index in [0.717, 1.165) is 12.8 Å². The van der Waals surface area contributed by atoms with E-state index in [9.17, 15) is 18.0 Å². The second kappa shape index (κ2) is 6.27. The lowest BCUT2D eigenvalue weighted by atomic mass is 9.93. The normalized spacial score (nSPS) is 11.9. The van der Waals surface area contributed by atoms with Gasteiger partial charge in [-0.1, -0.05) is 26.0 Å². The van der Waals surface area contributed by atoms with Gasteiger partial charge in [-0.15, -0.1) is 0 Å². The van der Waals surface area contributed by atoms with Crippen LogP contribution in [0.5, 0.6) is 0 Å². The number of hydrogen-bond donors (Lipinski definition) is 0. The smallest absolute Gasteiger partial charge is 0.294 e. The molecule has 0 bridgehead atoms. The monoisotopic (exact) mass is 276 g/mol. The van der Waals surface area contributed by atoms with Gasteiger partial charge in [0.2, 0.25) is 0 Å². The number of thioether (sulfide) groups is 1. The van der Waals surface area contributed by atoms with Crippen molar-refractivity contribution < 1.29 is 18.0 Å². The zero-order chi connectivity index (χ0) is 13.8. The van der Waals surface area contributed by atoms with Crippen LogP contribution in [-0.4, -0.2) is 11.3 Å². The fourth-order valence-electron chi connectivity index (χ4n) is 1.72. The quantitative estimate of drug-likeness (QED) is 0.561. The molecule has 0 atom stereocenters. The Hall–Kier alpha value is -0.970. The summed E-state index contributed by atoms with van der Waals surface area (Å²) >= 11 is -0.170. The zero-order valence-electron chi connectivity index (χ0n) is 10.3. The molecule has 1 aromatic rings. The summed E-state index contributed by atoms with van der Waals surface area (Å²) in [5.41, 5.74) is -3.81. The van der Waals surface area contributed by atoms with Crippen molar-refractivity contribution in [2.45, 2.75) is 37.1 Å². The third kappa shape index (κ3) is 4.37. The Labute approximate surface area is 109 Å². The van der Waals surface area contributed by atoms with Crippen LogP contribution < -0.4 is 0 Å². The van der Waals surface area contributed by atoms with Gasteiger partial charge in [0, 0.05) is 16.4 Å². The van der Waals surface area contributed by atoms with Gasteiger partial charge < -0.3 is 0 Å². The third-order valence-electron chi connectivity index (χ3n) is 2.73. The number of ketones is 1. The van der Waals surface area contributed by atoms with E-state index in [-0.39, 0.29) is 28.4 Å². The van der Waals surface area contributed by atoms with Gasteiger partial charge in [0.25, 0.3) is 0 Å². The van der Waals surface area contributed by atoms with Crippen LogP contribution in [0.25, 0.3) is 0 Å². The fourth-order valence-corrected chi connectivity index (χ4v) is 2.26. The molecule has 0 unspecified atom stereocenters. The second-order valence-corrected chi connectivity index (χ2v) is 5.09. The lowest BCUT2D eigenvalue weighted by Crippen LogP contribution is -2.12. The molecule has 0 aliphatic heterocycles. The van der Waals surface area contributed by atoms with E-state index in [4.69, 9.17) is 0 Å². The lowest BCUT2D eigenvalue weighted by molar-refractivity contribution is -0.0328. The molecule has 0 aromatic heterocycles. The van der Waals surface area contributed by atoms with Gasteiger partial charge in [-0.3, -0.25) is 4.79 Å². The first-order valence-corrected chi connectivity index (χ1v) is 6.59. The minimum Gasteiger partial charge on any atom is -0.294 e. The van der Waals surface area contributed by atoms with E-state index in [2.05, 4.69) is 0 Å². The molecule has 0 fully saturated rings. The van der Waals surface area contributed by atoms with Crippen molar-refractivity contribution >= 4 is 17.5 Å². The molecule has 0 saturated heterocycles. The maximum Gasteiger partial charge on any atom is 0.446 e. The largest absolute Gasteiger partial charge is 0.446 e. The highest BCUT2D eigenvalue weighted by atomic mass is 32.2. The average Bonchev–Trinajstić information content (AvgIpc) is 2.29. The summed E-state index contributed by atoms with van der Waals surface area (Å²) in [6.45, 7) is 3.86. The second-order valence-electron chi connectivity index (χ2n) is 3.95. The van der Waals surface area contributed by atoms with Crippen LogP contribution in [0.2, 0.25) is 0 Å². The van der Waals surface area contributed by atoms with Crippen molar-refractivity contribution in [2.75, 3.05) is 0 Å². The minimum absolute atomic E-state index is 0.00330. The predicted octanol–water partition coefficient (Wildman–Crippen LogP) is 4.92. The summed E-state index contributed by atoms with van der Waals surface area (Å²) in [5, 5.41) is 0. The standard InChI is InChI=1S/C13H15F3OS/c1-3-9(4-2)12(17)10-5-7-11(8-6-10)18-13(14,15)16/h5-9H,3-4H2,1-2H3. The Bertz CT molecular complexity index is 394. The van der Waals surface area contributed by atoms with Gasteiger partial charge in [0.15, 0.2) is 5.78 Å². The van der Waals surface area contributed by atoms with E-state index in [1.807, 2.05) is 13.8 Å². The molecule has 1 aromatic carbocycles. The molecule has 1 nitrogen and oxygen atoms in total. The first-order valence-electron chi connectivity index (χ1n) is 5.77. The summed E-state index contributed by atoms with van der Waals surface area (Å²) in [5.74, 6) is -0.0466.